The first-order valence-electron chi connectivity index (χ1n) is 13.7. The third-order valence-corrected chi connectivity index (χ3v) is 11.3. The van der Waals surface area contributed by atoms with Crippen molar-refractivity contribution in [3.63, 3.8) is 0 Å². The molecule has 3 saturated carbocycles. The van der Waals surface area contributed by atoms with Crippen molar-refractivity contribution < 1.29 is 10.2 Å². The largest absolute Gasteiger partial charge is 0.389 e. The molecule has 0 heterocycles. The van der Waals surface area contributed by atoms with E-state index in [-0.39, 0.29) is 17.6 Å². The van der Waals surface area contributed by atoms with Gasteiger partial charge in [0.2, 0.25) is 0 Å². The standard InChI is InChI=1S/C29H50O2/c1-7-20(18(2)3)9-8-19(4)23-10-11-24-22-17-27(31)26-16-21(30)12-14-29(26,6)25(22)13-15-28(23,24)5/h16,18-25,27,30-31H,7-15,17H2,1-6H3/t19-,20-,21?,22+,23-,24+,25+,27-,28-,29-/m1/s1. The lowest BCUT2D eigenvalue weighted by Crippen LogP contribution is -2.54. The first kappa shape index (κ1) is 23.8. The van der Waals surface area contributed by atoms with E-state index in [0.29, 0.717) is 17.3 Å². The highest BCUT2D eigenvalue weighted by Gasteiger charge is 2.60. The number of aliphatic hydroxyl groups is 2. The number of fused-ring (bicyclic) bond motifs is 5. The lowest BCUT2D eigenvalue weighted by atomic mass is 9.46. The summed E-state index contributed by atoms with van der Waals surface area (Å²) in [7, 11) is 0. The first-order chi connectivity index (χ1) is 14.6. The molecule has 0 saturated heterocycles. The van der Waals surface area contributed by atoms with Crippen molar-refractivity contribution in [1.29, 1.82) is 0 Å². The van der Waals surface area contributed by atoms with E-state index >= 15 is 0 Å². The van der Waals surface area contributed by atoms with Crippen LogP contribution < -0.4 is 0 Å². The van der Waals surface area contributed by atoms with Crippen molar-refractivity contribution in [2.75, 3.05) is 0 Å². The van der Waals surface area contributed by atoms with Crippen LogP contribution in [0.4, 0.5) is 0 Å². The van der Waals surface area contributed by atoms with Crippen LogP contribution in [-0.2, 0) is 0 Å². The second-order valence-corrected chi connectivity index (χ2v) is 13.0. The van der Waals surface area contributed by atoms with Crippen molar-refractivity contribution in [3.05, 3.63) is 11.6 Å². The Bertz CT molecular complexity index is 668. The topological polar surface area (TPSA) is 40.5 Å². The van der Waals surface area contributed by atoms with Gasteiger partial charge in [0.1, 0.15) is 0 Å². The maximum atomic E-state index is 11.2. The van der Waals surface area contributed by atoms with Gasteiger partial charge in [0.05, 0.1) is 12.2 Å². The Kier molecular flexibility index (Phi) is 6.75. The van der Waals surface area contributed by atoms with Crippen LogP contribution in [0.2, 0.25) is 0 Å². The SMILES string of the molecule is CC[C@H](CC[C@@H](C)[C@H]1CC[C@H]2[C@@H]3C[C@@H](O)C4=CC(O)CC[C@]4(C)[C@H]3CC[C@]12C)C(C)C. The molecular formula is C29H50O2. The van der Waals surface area contributed by atoms with Gasteiger partial charge < -0.3 is 10.2 Å². The highest BCUT2D eigenvalue weighted by Crippen LogP contribution is 2.67. The molecule has 4 aliphatic carbocycles. The first-order valence-corrected chi connectivity index (χ1v) is 13.7. The molecule has 0 aromatic heterocycles. The number of hydrogen-bond donors (Lipinski definition) is 2. The molecule has 3 fully saturated rings. The van der Waals surface area contributed by atoms with Crippen LogP contribution in [0.15, 0.2) is 11.6 Å². The molecule has 178 valence electrons. The second kappa shape index (κ2) is 8.79. The van der Waals surface area contributed by atoms with Crippen molar-refractivity contribution in [2.24, 2.45) is 52.3 Å². The minimum atomic E-state index is -0.349. The maximum Gasteiger partial charge on any atom is 0.0759 e. The molecule has 0 spiro atoms. The smallest absolute Gasteiger partial charge is 0.0759 e. The summed E-state index contributed by atoms with van der Waals surface area (Å²) in [5.74, 6) is 5.52. The van der Waals surface area contributed by atoms with Crippen molar-refractivity contribution in [1.82, 2.24) is 0 Å². The fourth-order valence-electron chi connectivity index (χ4n) is 9.42. The molecule has 31 heavy (non-hydrogen) atoms. The van der Waals surface area contributed by atoms with Crippen LogP contribution >= 0.6 is 0 Å². The summed E-state index contributed by atoms with van der Waals surface area (Å²) < 4.78 is 0. The molecule has 2 N–H and O–H groups in total. The monoisotopic (exact) mass is 430 g/mol. The molecule has 10 atom stereocenters. The van der Waals surface area contributed by atoms with E-state index in [4.69, 9.17) is 0 Å². The molecule has 0 bridgehead atoms. The quantitative estimate of drug-likeness (QED) is 0.446. The van der Waals surface area contributed by atoms with Crippen LogP contribution in [0.5, 0.6) is 0 Å². The Morgan fingerprint density at radius 1 is 0.968 bits per heavy atom. The zero-order valence-electron chi connectivity index (χ0n) is 21.2. The predicted octanol–water partition coefficient (Wildman–Crippen LogP) is 7.00. The summed E-state index contributed by atoms with van der Waals surface area (Å²) >= 11 is 0. The Morgan fingerprint density at radius 2 is 1.71 bits per heavy atom. The maximum absolute atomic E-state index is 11.2. The molecule has 0 aliphatic heterocycles. The molecule has 0 amide bonds. The van der Waals surface area contributed by atoms with Gasteiger partial charge in [-0.15, -0.1) is 0 Å². The predicted molar refractivity (Wildman–Crippen MR) is 130 cm³/mol. The highest BCUT2D eigenvalue weighted by atomic mass is 16.3. The van der Waals surface area contributed by atoms with E-state index in [1.165, 1.54) is 50.5 Å². The minimum Gasteiger partial charge on any atom is -0.389 e. The zero-order valence-corrected chi connectivity index (χ0v) is 21.2. The van der Waals surface area contributed by atoms with Gasteiger partial charge in [-0.1, -0.05) is 60.5 Å². The minimum absolute atomic E-state index is 0.109. The lowest BCUT2D eigenvalue weighted by Gasteiger charge is -2.60. The molecular weight excluding hydrogens is 380 g/mol. The van der Waals surface area contributed by atoms with Crippen LogP contribution in [0.25, 0.3) is 0 Å². The number of rotatable bonds is 6. The van der Waals surface area contributed by atoms with E-state index in [0.717, 1.165) is 48.9 Å². The zero-order chi connectivity index (χ0) is 22.6. The average Bonchev–Trinajstić information content (AvgIpc) is 3.07. The molecule has 4 aliphatic rings. The Balaban J connectivity index is 1.50. The van der Waals surface area contributed by atoms with Gasteiger partial charge in [0, 0.05) is 0 Å². The van der Waals surface area contributed by atoms with Crippen LogP contribution in [0, 0.1) is 52.3 Å². The third-order valence-electron chi connectivity index (χ3n) is 11.3. The van der Waals surface area contributed by atoms with Crippen LogP contribution in [0.1, 0.15) is 106 Å². The molecule has 1 unspecified atom stereocenters. The number of hydrogen-bond acceptors (Lipinski definition) is 2. The summed E-state index contributed by atoms with van der Waals surface area (Å²) in [5.41, 5.74) is 1.75. The Morgan fingerprint density at radius 3 is 2.39 bits per heavy atom. The summed E-state index contributed by atoms with van der Waals surface area (Å²) in [5, 5.41) is 21.4. The molecule has 2 nitrogen and oxygen atoms in total. The van der Waals surface area contributed by atoms with Crippen LogP contribution in [-0.4, -0.2) is 22.4 Å². The van der Waals surface area contributed by atoms with Gasteiger partial charge in [-0.05, 0) is 109 Å². The van der Waals surface area contributed by atoms with E-state index in [9.17, 15) is 10.2 Å². The highest BCUT2D eigenvalue weighted by molar-refractivity contribution is 5.29. The Labute approximate surface area is 192 Å². The van der Waals surface area contributed by atoms with E-state index < -0.39 is 0 Å². The normalized spacial score (nSPS) is 46.7. The second-order valence-electron chi connectivity index (χ2n) is 13.0. The lowest BCUT2D eigenvalue weighted by molar-refractivity contribution is -0.0875. The molecule has 4 rings (SSSR count). The molecule has 0 aromatic carbocycles. The summed E-state index contributed by atoms with van der Waals surface area (Å²) in [6.45, 7) is 14.8. The van der Waals surface area contributed by atoms with E-state index in [2.05, 4.69) is 41.5 Å². The fourth-order valence-corrected chi connectivity index (χ4v) is 9.42. The molecule has 2 heteroatoms. The van der Waals surface area contributed by atoms with Gasteiger partial charge in [0.25, 0.3) is 0 Å². The fraction of sp³-hybridized carbons (Fsp3) is 0.931. The van der Waals surface area contributed by atoms with Gasteiger partial charge in [-0.3, -0.25) is 0 Å². The van der Waals surface area contributed by atoms with Crippen molar-refractivity contribution >= 4 is 0 Å². The van der Waals surface area contributed by atoms with Crippen LogP contribution in [0.3, 0.4) is 0 Å². The third kappa shape index (κ3) is 3.96. The Hall–Kier alpha value is -0.340. The van der Waals surface area contributed by atoms with Gasteiger partial charge in [0.15, 0.2) is 0 Å². The summed E-state index contributed by atoms with van der Waals surface area (Å²) in [4.78, 5) is 0. The summed E-state index contributed by atoms with van der Waals surface area (Å²) in [6.07, 6.45) is 13.8. The molecule has 0 aromatic rings. The summed E-state index contributed by atoms with van der Waals surface area (Å²) in [6, 6.07) is 0. The van der Waals surface area contributed by atoms with Gasteiger partial charge in [-0.2, -0.15) is 0 Å². The van der Waals surface area contributed by atoms with Gasteiger partial charge >= 0.3 is 0 Å². The number of aliphatic hydroxyl groups excluding tert-OH is 2. The van der Waals surface area contributed by atoms with Crippen molar-refractivity contribution in [2.45, 2.75) is 118 Å². The molecule has 0 radical (unpaired) electrons. The van der Waals surface area contributed by atoms with Gasteiger partial charge in [-0.25, -0.2) is 0 Å². The van der Waals surface area contributed by atoms with E-state index in [1.54, 1.807) is 0 Å². The average molecular weight is 431 g/mol. The van der Waals surface area contributed by atoms with Crippen molar-refractivity contribution in [3.8, 4) is 0 Å². The van der Waals surface area contributed by atoms with E-state index in [1.807, 2.05) is 6.08 Å².